The maximum Gasteiger partial charge on any atom is 0.332 e. The number of halogens is 2. The summed E-state index contributed by atoms with van der Waals surface area (Å²) < 4.78 is 25.0. The van der Waals surface area contributed by atoms with Gasteiger partial charge in [-0.1, -0.05) is 39.7 Å². The van der Waals surface area contributed by atoms with Crippen LogP contribution in [0, 0.1) is 6.92 Å². The molecule has 0 spiro atoms. The summed E-state index contributed by atoms with van der Waals surface area (Å²) in [5.41, 5.74) is 2.17. The molecular weight excluding hydrogens is 552 g/mol. The summed E-state index contributed by atoms with van der Waals surface area (Å²) in [7, 11) is 1.58. The Morgan fingerprint density at radius 2 is 1.83 bits per heavy atom. The summed E-state index contributed by atoms with van der Waals surface area (Å²) in [6.07, 6.45) is -2.19. The number of carbonyl (C=O) groups excluding carboxylic acids is 2. The third kappa shape index (κ3) is 4.68. The monoisotopic (exact) mass is 578 g/mol. The van der Waals surface area contributed by atoms with Gasteiger partial charge >= 0.3 is 6.03 Å². The van der Waals surface area contributed by atoms with E-state index in [0.29, 0.717) is 10.7 Å². The van der Waals surface area contributed by atoms with Gasteiger partial charge in [-0.05, 0) is 62.2 Å². The second-order valence-electron chi connectivity index (χ2n) is 9.74. The van der Waals surface area contributed by atoms with Crippen molar-refractivity contribution in [1.29, 1.82) is 0 Å². The molecule has 8 nitrogen and oxygen atoms in total. The minimum atomic E-state index is -0.810. The number of benzene rings is 2. The molecule has 10 heteroatoms. The quantitative estimate of drug-likeness (QED) is 0.495. The molecule has 0 aromatic heterocycles. The molecule has 0 saturated carbocycles. The van der Waals surface area contributed by atoms with E-state index in [-0.39, 0.29) is 18.9 Å². The molecule has 5 atom stereocenters. The lowest BCUT2D eigenvalue weighted by molar-refractivity contribution is -0.223. The number of fused-ring (bicyclic) bond motifs is 1. The van der Waals surface area contributed by atoms with Crippen LogP contribution < -0.4 is 4.90 Å². The number of aryl methyl sites for hydroxylation is 1. The molecule has 36 heavy (non-hydrogen) atoms. The highest BCUT2D eigenvalue weighted by atomic mass is 79.9. The van der Waals surface area contributed by atoms with Crippen LogP contribution in [0.5, 0.6) is 0 Å². The summed E-state index contributed by atoms with van der Waals surface area (Å²) >= 11 is 9.65. The molecule has 3 aliphatic heterocycles. The Labute approximate surface area is 223 Å². The summed E-state index contributed by atoms with van der Waals surface area (Å²) in [6.45, 7) is 5.75. The van der Waals surface area contributed by atoms with E-state index in [2.05, 4.69) is 15.9 Å². The summed E-state index contributed by atoms with van der Waals surface area (Å²) in [5, 5.41) is 0.567. The first-order chi connectivity index (χ1) is 17.1. The van der Waals surface area contributed by atoms with Gasteiger partial charge in [0.15, 0.2) is 12.1 Å². The molecule has 0 radical (unpaired) electrons. The highest BCUT2D eigenvalue weighted by Crippen LogP contribution is 2.42. The van der Waals surface area contributed by atoms with Crippen molar-refractivity contribution in [3.05, 3.63) is 63.1 Å². The summed E-state index contributed by atoms with van der Waals surface area (Å²) in [4.78, 5) is 30.3. The zero-order valence-electron chi connectivity index (χ0n) is 20.4. The second-order valence-corrected chi connectivity index (χ2v) is 11.1. The normalized spacial score (nSPS) is 29.7. The number of hydrogen-bond acceptors (Lipinski definition) is 6. The van der Waals surface area contributed by atoms with Gasteiger partial charge in [-0.15, -0.1) is 0 Å². The molecule has 0 N–H and O–H groups in total. The number of imide groups is 1. The fraction of sp³-hybridized carbons (Fsp3) is 0.462. The van der Waals surface area contributed by atoms with Gasteiger partial charge in [0.25, 0.3) is 0 Å². The number of anilines is 1. The average molecular weight is 580 g/mol. The lowest BCUT2D eigenvalue weighted by atomic mass is 9.95. The van der Waals surface area contributed by atoms with Crippen LogP contribution in [0.4, 0.5) is 10.5 Å². The van der Waals surface area contributed by atoms with Crippen molar-refractivity contribution < 1.29 is 28.5 Å². The Kier molecular flexibility index (Phi) is 6.91. The van der Waals surface area contributed by atoms with Gasteiger partial charge in [0, 0.05) is 23.1 Å². The van der Waals surface area contributed by atoms with Crippen LogP contribution in [0.3, 0.4) is 0 Å². The molecule has 3 fully saturated rings. The highest BCUT2D eigenvalue weighted by Gasteiger charge is 2.59. The highest BCUT2D eigenvalue weighted by molar-refractivity contribution is 9.10. The Morgan fingerprint density at radius 1 is 1.11 bits per heavy atom. The van der Waals surface area contributed by atoms with Crippen LogP contribution in [0.15, 0.2) is 46.9 Å². The molecular formula is C26H28BrClN2O6. The van der Waals surface area contributed by atoms with Crippen molar-refractivity contribution in [2.45, 2.75) is 70.2 Å². The Hall–Kier alpha value is -2.01. The first-order valence-corrected chi connectivity index (χ1v) is 12.9. The molecule has 3 heterocycles. The molecule has 0 bridgehead atoms. The van der Waals surface area contributed by atoms with Crippen LogP contribution in [-0.4, -0.2) is 60.4 Å². The van der Waals surface area contributed by atoms with E-state index < -0.39 is 42.5 Å². The maximum absolute atomic E-state index is 13.9. The molecule has 192 valence electrons. The lowest BCUT2D eigenvalue weighted by Gasteiger charge is -2.43. The first-order valence-electron chi connectivity index (χ1n) is 11.8. The zero-order chi connectivity index (χ0) is 25.8. The Balaban J connectivity index is 1.49. The van der Waals surface area contributed by atoms with Gasteiger partial charge in [0.1, 0.15) is 18.3 Å². The van der Waals surface area contributed by atoms with Crippen LogP contribution in [0.2, 0.25) is 5.02 Å². The van der Waals surface area contributed by atoms with Crippen LogP contribution in [0.1, 0.15) is 31.4 Å². The maximum atomic E-state index is 13.9. The number of ether oxygens (including phenoxy) is 4. The fourth-order valence-corrected chi connectivity index (χ4v) is 5.51. The summed E-state index contributed by atoms with van der Waals surface area (Å²) in [6, 6.07) is 11.8. The molecule has 2 aromatic rings. The first kappa shape index (κ1) is 25.6. The number of carbonyl (C=O) groups is 2. The van der Waals surface area contributed by atoms with Crippen LogP contribution in [-0.2, 0) is 30.3 Å². The third-order valence-corrected chi connectivity index (χ3v) is 7.77. The van der Waals surface area contributed by atoms with E-state index in [9.17, 15) is 9.59 Å². The van der Waals surface area contributed by atoms with E-state index in [1.165, 1.54) is 4.90 Å². The zero-order valence-corrected chi connectivity index (χ0v) is 22.8. The number of methoxy groups -OCH3 is 1. The third-order valence-electron chi connectivity index (χ3n) is 6.81. The predicted molar refractivity (Wildman–Crippen MR) is 137 cm³/mol. The van der Waals surface area contributed by atoms with Crippen molar-refractivity contribution in [2.24, 2.45) is 0 Å². The Morgan fingerprint density at radius 3 is 2.50 bits per heavy atom. The molecule has 2 aromatic carbocycles. The fourth-order valence-electron chi connectivity index (χ4n) is 5.13. The number of nitrogens with zero attached hydrogens (tertiary/aromatic N) is 2. The number of rotatable bonds is 5. The van der Waals surface area contributed by atoms with E-state index in [0.717, 1.165) is 15.6 Å². The van der Waals surface area contributed by atoms with E-state index >= 15 is 0 Å². The number of hydrogen-bond donors (Lipinski definition) is 0. The van der Waals surface area contributed by atoms with Crippen LogP contribution >= 0.6 is 27.5 Å². The van der Waals surface area contributed by atoms with Crippen molar-refractivity contribution in [1.82, 2.24) is 4.90 Å². The number of urea groups is 1. The number of amides is 3. The lowest BCUT2D eigenvalue weighted by Crippen LogP contribution is -2.62. The van der Waals surface area contributed by atoms with Gasteiger partial charge in [-0.2, -0.15) is 0 Å². The standard InChI is InChI=1S/C26H28BrClN2O6/c1-14-11-17(9-10-18(14)28)30-20(31)12-19(29(25(30)32)13-15-5-7-16(27)8-6-15)21-22(33-4)23-24(34-21)36-26(2,3)35-23/h5-11,19,21-24H,12-13H2,1-4H3/t19?,21-,22+,23-,24-/m1/s1. The SMILES string of the molecule is CO[C@@H]1[C@H]2OC(C)(C)O[C@H]2O[C@@H]1C1CC(=O)N(c2ccc(Cl)c(C)c2)C(=O)N1Cc1ccc(Br)cc1. The van der Waals surface area contributed by atoms with Gasteiger partial charge < -0.3 is 23.8 Å². The van der Waals surface area contributed by atoms with Gasteiger partial charge in [0.2, 0.25) is 5.91 Å². The predicted octanol–water partition coefficient (Wildman–Crippen LogP) is 5.03. The van der Waals surface area contributed by atoms with Crippen molar-refractivity contribution in [2.75, 3.05) is 12.0 Å². The minimum absolute atomic E-state index is 0.0529. The van der Waals surface area contributed by atoms with Gasteiger partial charge in [0.05, 0.1) is 18.2 Å². The van der Waals surface area contributed by atoms with Crippen molar-refractivity contribution in [3.8, 4) is 0 Å². The van der Waals surface area contributed by atoms with Crippen LogP contribution in [0.25, 0.3) is 0 Å². The van der Waals surface area contributed by atoms with Gasteiger partial charge in [-0.25, -0.2) is 9.69 Å². The largest absolute Gasteiger partial charge is 0.376 e. The van der Waals surface area contributed by atoms with Gasteiger partial charge in [-0.3, -0.25) is 4.79 Å². The smallest absolute Gasteiger partial charge is 0.332 e. The topological polar surface area (TPSA) is 77.5 Å². The van der Waals surface area contributed by atoms with Crippen molar-refractivity contribution >= 4 is 45.2 Å². The van der Waals surface area contributed by atoms with Crippen molar-refractivity contribution in [3.63, 3.8) is 0 Å². The average Bonchev–Trinajstić information content (AvgIpc) is 3.30. The minimum Gasteiger partial charge on any atom is -0.376 e. The van der Waals surface area contributed by atoms with E-state index in [4.69, 9.17) is 30.5 Å². The molecule has 5 rings (SSSR count). The Bertz CT molecular complexity index is 1180. The molecule has 0 aliphatic carbocycles. The van der Waals surface area contributed by atoms with E-state index in [1.807, 2.05) is 45.0 Å². The molecule has 1 unspecified atom stereocenters. The second kappa shape index (κ2) is 9.70. The molecule has 3 aliphatic rings. The van der Waals surface area contributed by atoms with E-state index in [1.54, 1.807) is 30.2 Å². The summed E-state index contributed by atoms with van der Waals surface area (Å²) in [5.74, 6) is -1.13. The molecule has 3 saturated heterocycles. The molecule has 3 amide bonds.